The largest absolute Gasteiger partial charge is 0.491 e. The quantitative estimate of drug-likeness (QED) is 0.544. The standard InChI is InChI=1S/C19H20N2O2/c1-2-11-22-12-13-23-19-9-5-17(6-10-19)15-21-18-7-3-16(14-20)4-8-18/h3-10,15H,2,11-13H2,1H3. The van der Waals surface area contributed by atoms with Crippen LogP contribution in [0.4, 0.5) is 5.69 Å². The van der Waals surface area contributed by atoms with Crippen LogP contribution in [-0.4, -0.2) is 26.0 Å². The molecule has 0 bridgehead atoms. The molecular weight excluding hydrogens is 288 g/mol. The van der Waals surface area contributed by atoms with Gasteiger partial charge in [-0.3, -0.25) is 4.99 Å². The van der Waals surface area contributed by atoms with Gasteiger partial charge < -0.3 is 9.47 Å². The molecule has 118 valence electrons. The molecule has 4 heteroatoms. The summed E-state index contributed by atoms with van der Waals surface area (Å²) in [6.45, 7) is 4.02. The SMILES string of the molecule is CCCOCCOc1ccc(C=Nc2ccc(C#N)cc2)cc1. The van der Waals surface area contributed by atoms with Crippen molar-refractivity contribution < 1.29 is 9.47 Å². The summed E-state index contributed by atoms with van der Waals surface area (Å²) in [5.41, 5.74) is 2.44. The van der Waals surface area contributed by atoms with Crippen molar-refractivity contribution in [1.82, 2.24) is 0 Å². The maximum absolute atomic E-state index is 8.76. The molecule has 0 saturated heterocycles. The summed E-state index contributed by atoms with van der Waals surface area (Å²) < 4.78 is 11.0. The summed E-state index contributed by atoms with van der Waals surface area (Å²) in [6, 6.07) is 17.0. The molecule has 0 radical (unpaired) electrons. The number of nitriles is 1. The normalized spacial score (nSPS) is 10.6. The first-order valence-electron chi connectivity index (χ1n) is 7.66. The smallest absolute Gasteiger partial charge is 0.119 e. The van der Waals surface area contributed by atoms with Crippen molar-refractivity contribution in [3.63, 3.8) is 0 Å². The number of ether oxygens (including phenoxy) is 2. The first kappa shape index (κ1) is 16.7. The van der Waals surface area contributed by atoms with Crippen LogP contribution in [-0.2, 0) is 4.74 Å². The lowest BCUT2D eigenvalue weighted by Crippen LogP contribution is -2.07. The van der Waals surface area contributed by atoms with Crippen LogP contribution in [0.3, 0.4) is 0 Å². The van der Waals surface area contributed by atoms with E-state index in [1.807, 2.05) is 36.4 Å². The number of nitrogens with zero attached hydrogens (tertiary/aromatic N) is 2. The highest BCUT2D eigenvalue weighted by Gasteiger charge is 1.95. The van der Waals surface area contributed by atoms with Gasteiger partial charge >= 0.3 is 0 Å². The molecule has 0 aliphatic heterocycles. The average molecular weight is 308 g/mol. The first-order valence-corrected chi connectivity index (χ1v) is 7.66. The topological polar surface area (TPSA) is 54.6 Å². The van der Waals surface area contributed by atoms with Crippen molar-refractivity contribution in [2.75, 3.05) is 19.8 Å². The van der Waals surface area contributed by atoms with Gasteiger partial charge in [0.05, 0.1) is 23.9 Å². The minimum Gasteiger partial charge on any atom is -0.491 e. The molecule has 0 aromatic heterocycles. The zero-order chi connectivity index (χ0) is 16.3. The second-order valence-corrected chi connectivity index (χ2v) is 4.95. The lowest BCUT2D eigenvalue weighted by Gasteiger charge is -2.06. The minimum atomic E-state index is 0.554. The Morgan fingerprint density at radius 1 is 1.00 bits per heavy atom. The molecule has 0 aliphatic carbocycles. The third-order valence-corrected chi connectivity index (χ3v) is 3.08. The molecule has 23 heavy (non-hydrogen) atoms. The fraction of sp³-hybridized carbons (Fsp3) is 0.263. The van der Waals surface area contributed by atoms with Crippen LogP contribution in [0.2, 0.25) is 0 Å². The molecule has 0 aliphatic rings. The van der Waals surface area contributed by atoms with Crippen molar-refractivity contribution in [1.29, 1.82) is 5.26 Å². The summed E-state index contributed by atoms with van der Waals surface area (Å²) in [7, 11) is 0. The Hall–Kier alpha value is -2.64. The Kier molecular flexibility index (Phi) is 6.83. The van der Waals surface area contributed by atoms with Crippen LogP contribution in [0, 0.1) is 11.3 Å². The van der Waals surface area contributed by atoms with E-state index in [-0.39, 0.29) is 0 Å². The molecule has 0 heterocycles. The van der Waals surface area contributed by atoms with Crippen LogP contribution in [0.5, 0.6) is 5.75 Å². The molecule has 0 saturated carbocycles. The predicted molar refractivity (Wildman–Crippen MR) is 91.5 cm³/mol. The molecular formula is C19H20N2O2. The maximum Gasteiger partial charge on any atom is 0.119 e. The van der Waals surface area contributed by atoms with E-state index in [0.29, 0.717) is 18.8 Å². The molecule has 0 atom stereocenters. The van der Waals surface area contributed by atoms with Gasteiger partial charge in [0.25, 0.3) is 0 Å². The van der Waals surface area contributed by atoms with E-state index in [4.69, 9.17) is 14.7 Å². The van der Waals surface area contributed by atoms with Gasteiger partial charge in [-0.05, 0) is 60.5 Å². The molecule has 2 aromatic carbocycles. The van der Waals surface area contributed by atoms with E-state index in [9.17, 15) is 0 Å². The van der Waals surface area contributed by atoms with Crippen molar-refractivity contribution in [2.45, 2.75) is 13.3 Å². The molecule has 0 unspecified atom stereocenters. The van der Waals surface area contributed by atoms with E-state index < -0.39 is 0 Å². The Labute approximate surface area is 137 Å². The summed E-state index contributed by atoms with van der Waals surface area (Å²) in [4.78, 5) is 4.38. The zero-order valence-corrected chi connectivity index (χ0v) is 13.2. The van der Waals surface area contributed by atoms with Crippen LogP contribution in [0.25, 0.3) is 0 Å². The van der Waals surface area contributed by atoms with Gasteiger partial charge in [-0.1, -0.05) is 6.92 Å². The first-order chi connectivity index (χ1) is 11.3. The Balaban J connectivity index is 1.84. The van der Waals surface area contributed by atoms with E-state index in [0.717, 1.165) is 30.0 Å². The highest BCUT2D eigenvalue weighted by molar-refractivity contribution is 5.82. The van der Waals surface area contributed by atoms with Gasteiger partial charge in [-0.15, -0.1) is 0 Å². The summed E-state index contributed by atoms with van der Waals surface area (Å²) >= 11 is 0. The predicted octanol–water partition coefficient (Wildman–Crippen LogP) is 4.11. The highest BCUT2D eigenvalue weighted by Crippen LogP contribution is 2.14. The van der Waals surface area contributed by atoms with Crippen molar-refractivity contribution in [3.8, 4) is 11.8 Å². The highest BCUT2D eigenvalue weighted by atomic mass is 16.5. The Bertz CT molecular complexity index is 655. The molecule has 0 fully saturated rings. The van der Waals surface area contributed by atoms with Gasteiger partial charge in [0, 0.05) is 12.8 Å². The maximum atomic E-state index is 8.76. The molecule has 0 N–H and O–H groups in total. The van der Waals surface area contributed by atoms with Crippen LogP contribution in [0.1, 0.15) is 24.5 Å². The third kappa shape index (κ3) is 5.93. The number of benzene rings is 2. The summed E-state index contributed by atoms with van der Waals surface area (Å²) in [6.07, 6.45) is 2.81. The van der Waals surface area contributed by atoms with Crippen molar-refractivity contribution in [3.05, 3.63) is 59.7 Å². The van der Waals surface area contributed by atoms with Gasteiger partial charge in [0.2, 0.25) is 0 Å². The van der Waals surface area contributed by atoms with Gasteiger partial charge in [0.1, 0.15) is 12.4 Å². The van der Waals surface area contributed by atoms with E-state index in [1.54, 1.807) is 18.3 Å². The minimum absolute atomic E-state index is 0.554. The number of hydrogen-bond donors (Lipinski definition) is 0. The fourth-order valence-electron chi connectivity index (χ4n) is 1.89. The van der Waals surface area contributed by atoms with Crippen molar-refractivity contribution in [2.24, 2.45) is 4.99 Å². The molecule has 2 aromatic rings. The third-order valence-electron chi connectivity index (χ3n) is 3.08. The Morgan fingerprint density at radius 3 is 2.39 bits per heavy atom. The van der Waals surface area contributed by atoms with Gasteiger partial charge in [0.15, 0.2) is 0 Å². The van der Waals surface area contributed by atoms with Crippen molar-refractivity contribution >= 4 is 11.9 Å². The van der Waals surface area contributed by atoms with Crippen LogP contribution in [0.15, 0.2) is 53.5 Å². The Morgan fingerprint density at radius 2 is 1.74 bits per heavy atom. The number of aliphatic imine (C=N–C) groups is 1. The van der Waals surface area contributed by atoms with E-state index in [2.05, 4.69) is 18.0 Å². The van der Waals surface area contributed by atoms with Gasteiger partial charge in [-0.25, -0.2) is 0 Å². The lowest BCUT2D eigenvalue weighted by atomic mass is 10.2. The monoisotopic (exact) mass is 308 g/mol. The number of rotatable bonds is 8. The molecule has 0 spiro atoms. The molecule has 2 rings (SSSR count). The molecule has 4 nitrogen and oxygen atoms in total. The summed E-state index contributed by atoms with van der Waals surface area (Å²) in [5.74, 6) is 0.820. The second kappa shape index (κ2) is 9.39. The van der Waals surface area contributed by atoms with Crippen LogP contribution < -0.4 is 4.74 Å². The fourth-order valence-corrected chi connectivity index (χ4v) is 1.89. The van der Waals surface area contributed by atoms with Gasteiger partial charge in [-0.2, -0.15) is 5.26 Å². The second-order valence-electron chi connectivity index (χ2n) is 4.95. The zero-order valence-electron chi connectivity index (χ0n) is 13.2. The number of hydrogen-bond acceptors (Lipinski definition) is 4. The summed E-state index contributed by atoms with van der Waals surface area (Å²) in [5, 5.41) is 8.76. The average Bonchev–Trinajstić information content (AvgIpc) is 2.61. The lowest BCUT2D eigenvalue weighted by molar-refractivity contribution is 0.101. The van der Waals surface area contributed by atoms with E-state index in [1.165, 1.54) is 0 Å². The molecule has 0 amide bonds. The van der Waals surface area contributed by atoms with Crippen LogP contribution >= 0.6 is 0 Å². The van der Waals surface area contributed by atoms with E-state index >= 15 is 0 Å².